The summed E-state index contributed by atoms with van der Waals surface area (Å²) in [4.78, 5) is 10.1. The summed E-state index contributed by atoms with van der Waals surface area (Å²) in [5.74, 6) is 1.05. The van der Waals surface area contributed by atoms with Crippen LogP contribution in [0.25, 0.3) is 0 Å². The Labute approximate surface area is 56.7 Å². The Morgan fingerprint density at radius 3 is 1.57 bits per heavy atom. The van der Waals surface area contributed by atoms with Crippen molar-refractivity contribution in [2.45, 2.75) is 20.8 Å². The molecule has 0 aliphatic rings. The van der Waals surface area contributed by atoms with Crippen LogP contribution in [0.2, 0.25) is 0 Å². The Kier molecular flexibility index (Phi) is 6.26. The maximum Gasteiger partial charge on any atom is 1.00 e. The predicted molar refractivity (Wildman–Crippen MR) is 25.3 cm³/mol. The topological polar surface area (TPSA) is 17.1 Å². The molecule has 0 saturated heterocycles. The summed E-state index contributed by atoms with van der Waals surface area (Å²) in [5, 5.41) is 0. The first-order valence-electron chi connectivity index (χ1n) is 1.95. The third kappa shape index (κ3) is 6.14. The number of carbonyl (C=O) groups is 1. The Balaban J connectivity index is 0. The quantitative estimate of drug-likeness (QED) is 0.275. The third-order valence-corrected chi connectivity index (χ3v) is 0.704. The summed E-state index contributed by atoms with van der Waals surface area (Å²) in [6.07, 6.45) is 0. The molecule has 7 heavy (non-hydrogen) atoms. The fourth-order valence-electron chi connectivity index (χ4n) is 0. The predicted octanol–water partition coefficient (Wildman–Crippen LogP) is -1.81. The van der Waals surface area contributed by atoms with E-state index in [2.05, 4.69) is 0 Å². The van der Waals surface area contributed by atoms with Gasteiger partial charge >= 0.3 is 18.9 Å². The van der Waals surface area contributed by atoms with Crippen molar-refractivity contribution in [1.29, 1.82) is 0 Å². The van der Waals surface area contributed by atoms with Crippen LogP contribution in [0.5, 0.6) is 0 Å². The van der Waals surface area contributed by atoms with Crippen LogP contribution < -0.4 is 18.9 Å². The van der Waals surface area contributed by atoms with Gasteiger partial charge in [0.15, 0.2) is 0 Å². The molecule has 0 aliphatic carbocycles. The van der Waals surface area contributed by atoms with Gasteiger partial charge in [-0.3, -0.25) is 0 Å². The van der Waals surface area contributed by atoms with E-state index >= 15 is 0 Å². The van der Waals surface area contributed by atoms with Crippen molar-refractivity contribution in [1.82, 2.24) is 0 Å². The molecule has 0 spiro atoms. The van der Waals surface area contributed by atoms with Crippen molar-refractivity contribution in [3.63, 3.8) is 0 Å². The first-order chi connectivity index (χ1) is 2.64. The van der Waals surface area contributed by atoms with E-state index in [1.807, 2.05) is 13.8 Å². The van der Waals surface area contributed by atoms with Gasteiger partial charge in [-0.1, -0.05) is 0 Å². The summed E-state index contributed by atoms with van der Waals surface area (Å²) in [5.41, 5.74) is 0. The van der Waals surface area contributed by atoms with Crippen LogP contribution in [0.15, 0.2) is 0 Å². The van der Waals surface area contributed by atoms with E-state index in [1.54, 1.807) is 6.92 Å². The van der Waals surface area contributed by atoms with E-state index in [9.17, 15) is 4.79 Å². The van der Waals surface area contributed by atoms with E-state index in [0.717, 1.165) is 5.92 Å². The van der Waals surface area contributed by atoms with E-state index in [-0.39, 0.29) is 24.6 Å². The molecule has 0 fully saturated rings. The number of hydrogen-bond donors (Lipinski definition) is 0. The van der Waals surface area contributed by atoms with Gasteiger partial charge in [0.1, 0.15) is 0 Å². The van der Waals surface area contributed by atoms with Gasteiger partial charge in [0.2, 0.25) is 0 Å². The van der Waals surface area contributed by atoms with Gasteiger partial charge in [-0.25, -0.2) is 0 Å². The standard InChI is InChI=1S/C5H9O.Li/c1-4(2)5(3)6;/h1-3H3;/q-1;+1. The monoisotopic (exact) mass is 92.1 g/mol. The minimum absolute atomic E-state index is 0. The molecule has 0 aromatic rings. The second kappa shape index (κ2) is 4.30. The van der Waals surface area contributed by atoms with E-state index in [4.69, 9.17) is 0 Å². The molecule has 0 N–H and O–H groups in total. The first-order valence-corrected chi connectivity index (χ1v) is 1.95. The third-order valence-electron chi connectivity index (χ3n) is 0.704. The average molecular weight is 92.1 g/mol. The number of rotatable bonds is 1. The van der Waals surface area contributed by atoms with Crippen molar-refractivity contribution >= 4 is 5.78 Å². The minimum Gasteiger partial charge on any atom is -0.334 e. The molecule has 0 bridgehead atoms. The van der Waals surface area contributed by atoms with Crippen molar-refractivity contribution in [3.8, 4) is 0 Å². The van der Waals surface area contributed by atoms with Crippen LogP contribution in [0.3, 0.4) is 0 Å². The van der Waals surface area contributed by atoms with Crippen molar-refractivity contribution in [2.24, 2.45) is 0 Å². The SMILES string of the molecule is CC(=O)[C-](C)C.[Li+]. The minimum atomic E-state index is 0. The Morgan fingerprint density at radius 2 is 1.57 bits per heavy atom. The first kappa shape index (κ1) is 10.2. The zero-order valence-corrected chi connectivity index (χ0v) is 5.41. The Bertz CT molecular complexity index is 59.1. The maximum absolute atomic E-state index is 10.1. The second-order valence-corrected chi connectivity index (χ2v) is 1.56. The summed E-state index contributed by atoms with van der Waals surface area (Å²) in [6, 6.07) is 0. The molecule has 0 amide bonds. The van der Waals surface area contributed by atoms with Gasteiger partial charge in [0.25, 0.3) is 0 Å². The average Bonchev–Trinajstić information content (AvgIpc) is 1.36. The van der Waals surface area contributed by atoms with Crippen LogP contribution >= 0.6 is 0 Å². The van der Waals surface area contributed by atoms with Crippen LogP contribution in [0, 0.1) is 5.92 Å². The molecule has 36 valence electrons. The zero-order chi connectivity index (χ0) is 5.15. The second-order valence-electron chi connectivity index (χ2n) is 1.56. The Morgan fingerprint density at radius 1 is 1.43 bits per heavy atom. The van der Waals surface area contributed by atoms with Gasteiger partial charge in [0.05, 0.1) is 0 Å². The van der Waals surface area contributed by atoms with Crippen molar-refractivity contribution < 1.29 is 23.7 Å². The Hall–Kier alpha value is 0.137. The normalized spacial score (nSPS) is 6.71. The fourth-order valence-corrected chi connectivity index (χ4v) is 0. The van der Waals surface area contributed by atoms with Gasteiger partial charge < -0.3 is 10.7 Å². The van der Waals surface area contributed by atoms with Crippen molar-refractivity contribution in [3.05, 3.63) is 5.92 Å². The van der Waals surface area contributed by atoms with Gasteiger partial charge in [0, 0.05) is 0 Å². The largest absolute Gasteiger partial charge is 1.00 e. The number of hydrogen-bond acceptors (Lipinski definition) is 1. The summed E-state index contributed by atoms with van der Waals surface area (Å²) >= 11 is 0. The van der Waals surface area contributed by atoms with Gasteiger partial charge in [-0.15, -0.1) is 0 Å². The molecule has 0 aliphatic heterocycles. The van der Waals surface area contributed by atoms with Crippen LogP contribution in [0.4, 0.5) is 0 Å². The molecule has 0 unspecified atom stereocenters. The number of ketones is 1. The molecule has 0 heterocycles. The summed E-state index contributed by atoms with van der Waals surface area (Å²) in [7, 11) is 0. The number of Topliss-reactive ketones (excluding diaryl/α,β-unsaturated/α-hetero) is 1. The van der Waals surface area contributed by atoms with Crippen LogP contribution in [-0.4, -0.2) is 5.78 Å². The molecule has 0 aromatic heterocycles. The molecule has 1 nitrogen and oxygen atoms in total. The molecule has 0 saturated carbocycles. The fraction of sp³-hybridized carbons (Fsp3) is 0.600. The number of carbonyl (C=O) groups excluding carboxylic acids is 1. The smallest absolute Gasteiger partial charge is 0.334 e. The summed E-state index contributed by atoms with van der Waals surface area (Å²) in [6.45, 7) is 5.18. The van der Waals surface area contributed by atoms with E-state index in [0.29, 0.717) is 0 Å². The molecule has 0 atom stereocenters. The van der Waals surface area contributed by atoms with E-state index in [1.165, 1.54) is 0 Å². The molecular weight excluding hydrogens is 83.0 g/mol. The van der Waals surface area contributed by atoms with Gasteiger partial charge in [-0.05, 0) is 12.7 Å². The molecule has 0 aromatic carbocycles. The zero-order valence-electron chi connectivity index (χ0n) is 5.41. The van der Waals surface area contributed by atoms with Gasteiger partial charge in [-0.2, -0.15) is 13.8 Å². The molecule has 0 rings (SSSR count). The van der Waals surface area contributed by atoms with Crippen molar-refractivity contribution in [2.75, 3.05) is 0 Å². The van der Waals surface area contributed by atoms with E-state index < -0.39 is 0 Å². The van der Waals surface area contributed by atoms with Crippen LogP contribution in [0.1, 0.15) is 20.8 Å². The van der Waals surface area contributed by atoms with Crippen LogP contribution in [-0.2, 0) is 4.79 Å². The molecule has 0 radical (unpaired) electrons. The molecular formula is C5H9LiO. The molecule has 2 heteroatoms. The summed E-state index contributed by atoms with van der Waals surface area (Å²) < 4.78 is 0. The maximum atomic E-state index is 10.1.